The molecule has 1 aromatic rings. The lowest BCUT2D eigenvalue weighted by molar-refractivity contribution is -0.126. The van der Waals surface area contributed by atoms with E-state index in [1.54, 1.807) is 11.0 Å². The number of hydrogen-bond acceptors (Lipinski definition) is 3. The van der Waals surface area contributed by atoms with Gasteiger partial charge in [-0.2, -0.15) is 0 Å². The van der Waals surface area contributed by atoms with Gasteiger partial charge in [0.15, 0.2) is 0 Å². The summed E-state index contributed by atoms with van der Waals surface area (Å²) in [5.74, 6) is -0.0276. The Hall–Kier alpha value is -2.52. The predicted molar refractivity (Wildman–Crippen MR) is 87.6 cm³/mol. The van der Waals surface area contributed by atoms with Crippen LogP contribution in [0.1, 0.15) is 18.4 Å². The van der Waals surface area contributed by atoms with Crippen LogP contribution in [0.25, 0.3) is 0 Å². The summed E-state index contributed by atoms with van der Waals surface area (Å²) in [4.78, 5) is 25.7. The van der Waals surface area contributed by atoms with Crippen molar-refractivity contribution in [3.8, 4) is 0 Å². The molecule has 2 rings (SSSR count). The summed E-state index contributed by atoms with van der Waals surface area (Å²) >= 11 is 0. The van der Waals surface area contributed by atoms with Crippen LogP contribution in [0.5, 0.6) is 0 Å². The maximum absolute atomic E-state index is 12.0. The zero-order valence-corrected chi connectivity index (χ0v) is 13.2. The first-order chi connectivity index (χ1) is 11.2. The normalized spacial score (nSPS) is 14.7. The number of benzene rings is 1. The van der Waals surface area contributed by atoms with Crippen molar-refractivity contribution >= 4 is 12.0 Å². The molecule has 1 heterocycles. The standard InChI is InChI=1S/C18H22N2O3/c1-2-3-11-19-17(21)16-9-12-20(13-10-16)18(22)23-14-15-7-5-4-6-8-15/h3-8,16H,1,9-14H2,(H,19,21). The number of piperidine rings is 1. The maximum atomic E-state index is 12.0. The van der Waals surface area contributed by atoms with Crippen LogP contribution >= 0.6 is 0 Å². The minimum Gasteiger partial charge on any atom is -0.445 e. The molecule has 1 N–H and O–H groups in total. The van der Waals surface area contributed by atoms with Crippen LogP contribution in [0.15, 0.2) is 48.7 Å². The Bertz CT molecular complexity index is 571. The average molecular weight is 314 g/mol. The highest BCUT2D eigenvalue weighted by Crippen LogP contribution is 2.18. The second kappa shape index (κ2) is 8.81. The van der Waals surface area contributed by atoms with Gasteiger partial charge >= 0.3 is 6.09 Å². The van der Waals surface area contributed by atoms with E-state index in [-0.39, 0.29) is 24.5 Å². The van der Waals surface area contributed by atoms with Gasteiger partial charge in [0.1, 0.15) is 6.61 Å². The minimum atomic E-state index is -0.317. The molecule has 5 heteroatoms. The van der Waals surface area contributed by atoms with Gasteiger partial charge in [-0.05, 0) is 24.5 Å². The maximum Gasteiger partial charge on any atom is 0.410 e. The summed E-state index contributed by atoms with van der Waals surface area (Å²) in [7, 11) is 0. The van der Waals surface area contributed by atoms with Crippen molar-refractivity contribution in [2.45, 2.75) is 19.4 Å². The van der Waals surface area contributed by atoms with Crippen LogP contribution in [-0.2, 0) is 16.1 Å². The van der Waals surface area contributed by atoms with Crippen molar-refractivity contribution in [3.63, 3.8) is 0 Å². The molecule has 0 aromatic heterocycles. The van der Waals surface area contributed by atoms with Gasteiger partial charge in [0.2, 0.25) is 5.91 Å². The highest BCUT2D eigenvalue weighted by Gasteiger charge is 2.27. The predicted octanol–water partition coefficient (Wildman–Crippen LogP) is 2.49. The Morgan fingerprint density at radius 2 is 2.00 bits per heavy atom. The molecular weight excluding hydrogens is 292 g/mol. The number of nitrogens with zero attached hydrogens (tertiary/aromatic N) is 1. The van der Waals surface area contributed by atoms with Crippen molar-refractivity contribution in [2.75, 3.05) is 19.6 Å². The number of likely N-dealkylation sites (tertiary alicyclic amines) is 1. The van der Waals surface area contributed by atoms with Crippen molar-refractivity contribution in [2.24, 2.45) is 5.92 Å². The van der Waals surface area contributed by atoms with Gasteiger partial charge in [0.25, 0.3) is 0 Å². The van der Waals surface area contributed by atoms with Crippen LogP contribution in [0.4, 0.5) is 4.79 Å². The molecule has 23 heavy (non-hydrogen) atoms. The number of carbonyl (C=O) groups is 2. The summed E-state index contributed by atoms with van der Waals surface area (Å²) in [6.45, 7) is 5.26. The molecule has 0 radical (unpaired) electrons. The molecule has 0 saturated carbocycles. The highest BCUT2D eigenvalue weighted by molar-refractivity contribution is 5.79. The molecule has 1 fully saturated rings. The zero-order valence-electron chi connectivity index (χ0n) is 13.2. The van der Waals surface area contributed by atoms with Crippen LogP contribution < -0.4 is 5.32 Å². The van der Waals surface area contributed by atoms with Gasteiger partial charge in [-0.1, -0.05) is 36.9 Å². The van der Waals surface area contributed by atoms with E-state index in [9.17, 15) is 9.59 Å². The number of ether oxygens (including phenoxy) is 1. The first-order valence-corrected chi connectivity index (χ1v) is 7.78. The second-order valence-corrected chi connectivity index (χ2v) is 5.45. The number of carbonyl (C=O) groups excluding carboxylic acids is 2. The number of rotatable bonds is 5. The molecule has 1 aliphatic rings. The van der Waals surface area contributed by atoms with E-state index in [0.29, 0.717) is 32.5 Å². The largest absolute Gasteiger partial charge is 0.445 e. The van der Waals surface area contributed by atoms with E-state index in [0.717, 1.165) is 5.56 Å². The minimum absolute atomic E-state index is 0.0220. The molecule has 0 aliphatic carbocycles. The molecule has 2 amide bonds. The molecule has 0 atom stereocenters. The fourth-order valence-corrected chi connectivity index (χ4v) is 2.50. The average Bonchev–Trinajstić information content (AvgIpc) is 2.61. The lowest BCUT2D eigenvalue weighted by atomic mass is 9.96. The van der Waals surface area contributed by atoms with Gasteiger partial charge in [0, 0.05) is 25.6 Å². The first kappa shape index (κ1) is 16.8. The second-order valence-electron chi connectivity index (χ2n) is 5.45. The quantitative estimate of drug-likeness (QED) is 0.850. The van der Waals surface area contributed by atoms with E-state index in [1.165, 1.54) is 0 Å². The van der Waals surface area contributed by atoms with Crippen molar-refractivity contribution < 1.29 is 14.3 Å². The van der Waals surface area contributed by atoms with E-state index in [4.69, 9.17) is 4.74 Å². The Morgan fingerprint density at radius 1 is 1.30 bits per heavy atom. The van der Waals surface area contributed by atoms with Crippen LogP contribution in [0.3, 0.4) is 0 Å². The Labute approximate surface area is 136 Å². The molecular formula is C18H22N2O3. The summed E-state index contributed by atoms with van der Waals surface area (Å²) in [6.07, 6.45) is 2.67. The van der Waals surface area contributed by atoms with Gasteiger partial charge in [-0.3, -0.25) is 4.79 Å². The number of nitrogens with one attached hydrogen (secondary N) is 1. The molecule has 1 aromatic carbocycles. The molecule has 1 saturated heterocycles. The highest BCUT2D eigenvalue weighted by atomic mass is 16.6. The van der Waals surface area contributed by atoms with Gasteiger partial charge in [-0.15, -0.1) is 5.73 Å². The summed E-state index contributed by atoms with van der Waals surface area (Å²) in [5.41, 5.74) is 3.58. The van der Waals surface area contributed by atoms with E-state index in [1.807, 2.05) is 30.3 Å². The van der Waals surface area contributed by atoms with Crippen molar-refractivity contribution in [1.29, 1.82) is 0 Å². The third-order valence-corrected chi connectivity index (χ3v) is 3.85. The summed E-state index contributed by atoms with van der Waals surface area (Å²) < 4.78 is 5.31. The first-order valence-electron chi connectivity index (χ1n) is 7.78. The zero-order chi connectivity index (χ0) is 16.5. The Morgan fingerprint density at radius 3 is 2.65 bits per heavy atom. The SMILES string of the molecule is C=C=CCNC(=O)C1CCN(C(=O)OCc2ccccc2)CC1. The monoisotopic (exact) mass is 314 g/mol. The fraction of sp³-hybridized carbons (Fsp3) is 0.389. The van der Waals surface area contributed by atoms with Crippen LogP contribution in [0, 0.1) is 5.92 Å². The Balaban J connectivity index is 1.72. The van der Waals surface area contributed by atoms with Crippen LogP contribution in [0.2, 0.25) is 0 Å². The van der Waals surface area contributed by atoms with Crippen molar-refractivity contribution in [3.05, 3.63) is 54.3 Å². The molecule has 122 valence electrons. The van der Waals surface area contributed by atoms with Crippen molar-refractivity contribution in [1.82, 2.24) is 10.2 Å². The third-order valence-electron chi connectivity index (χ3n) is 3.85. The molecule has 0 unspecified atom stereocenters. The van der Waals surface area contributed by atoms with Crippen LogP contribution in [-0.4, -0.2) is 36.5 Å². The van der Waals surface area contributed by atoms with Gasteiger partial charge < -0.3 is 15.0 Å². The topological polar surface area (TPSA) is 58.6 Å². The lowest BCUT2D eigenvalue weighted by Crippen LogP contribution is -2.43. The van der Waals surface area contributed by atoms with Gasteiger partial charge in [-0.25, -0.2) is 4.79 Å². The summed E-state index contributed by atoms with van der Waals surface area (Å²) in [5, 5.41) is 2.81. The number of amides is 2. The van der Waals surface area contributed by atoms with E-state index >= 15 is 0 Å². The third kappa shape index (κ3) is 5.31. The molecule has 0 spiro atoms. The molecule has 0 bridgehead atoms. The molecule has 5 nitrogen and oxygen atoms in total. The number of hydrogen-bond donors (Lipinski definition) is 1. The molecule has 1 aliphatic heterocycles. The van der Waals surface area contributed by atoms with E-state index in [2.05, 4.69) is 17.6 Å². The fourth-order valence-electron chi connectivity index (χ4n) is 2.50. The smallest absolute Gasteiger partial charge is 0.410 e. The van der Waals surface area contributed by atoms with Gasteiger partial charge in [0.05, 0.1) is 0 Å². The summed E-state index contributed by atoms with van der Waals surface area (Å²) in [6, 6.07) is 9.58. The lowest BCUT2D eigenvalue weighted by Gasteiger charge is -2.30. The van der Waals surface area contributed by atoms with E-state index < -0.39 is 0 Å². The Kier molecular flexibility index (Phi) is 6.45.